The third kappa shape index (κ3) is 2.05. The van der Waals surface area contributed by atoms with Gasteiger partial charge in [-0.1, -0.05) is 60.7 Å². The number of aliphatic hydroxyl groups excluding tert-OH is 1. The van der Waals surface area contributed by atoms with E-state index in [0.717, 1.165) is 24.0 Å². The van der Waals surface area contributed by atoms with Crippen molar-refractivity contribution in [2.75, 3.05) is 6.61 Å². The molecule has 0 bridgehead atoms. The van der Waals surface area contributed by atoms with E-state index in [2.05, 4.69) is 0 Å². The molecule has 1 aliphatic carbocycles. The molecule has 1 aliphatic rings. The lowest BCUT2D eigenvalue weighted by Gasteiger charge is -2.47. The van der Waals surface area contributed by atoms with Gasteiger partial charge in [-0.2, -0.15) is 0 Å². The molecule has 2 aromatic rings. The Hall–Kier alpha value is -1.64. The third-order valence-electron chi connectivity index (χ3n) is 4.62. The zero-order chi connectivity index (χ0) is 14.0. The molecule has 0 saturated heterocycles. The lowest BCUT2D eigenvalue weighted by atomic mass is 9.61. The molecular weight excluding hydrogens is 248 g/mol. The zero-order valence-electron chi connectivity index (χ0n) is 11.4. The summed E-state index contributed by atoms with van der Waals surface area (Å²) in [6.45, 7) is 0.145. The highest BCUT2D eigenvalue weighted by Crippen LogP contribution is 2.49. The third-order valence-corrected chi connectivity index (χ3v) is 4.62. The minimum Gasteiger partial charge on any atom is -0.396 e. The van der Waals surface area contributed by atoms with E-state index < -0.39 is 5.60 Å². The van der Waals surface area contributed by atoms with Crippen LogP contribution in [-0.4, -0.2) is 16.8 Å². The monoisotopic (exact) mass is 268 g/mol. The predicted molar refractivity (Wildman–Crippen MR) is 79.2 cm³/mol. The predicted octanol–water partition coefficient (Wildman–Crippen LogP) is 2.94. The van der Waals surface area contributed by atoms with E-state index in [4.69, 9.17) is 0 Å². The highest BCUT2D eigenvalue weighted by molar-refractivity contribution is 5.37. The van der Waals surface area contributed by atoms with E-state index in [1.807, 2.05) is 60.7 Å². The first kappa shape index (κ1) is 13.3. The Bertz CT molecular complexity index is 509. The normalized spacial score (nSPS) is 22.3. The van der Waals surface area contributed by atoms with E-state index in [1.54, 1.807) is 0 Å². The molecule has 0 radical (unpaired) electrons. The zero-order valence-corrected chi connectivity index (χ0v) is 11.4. The van der Waals surface area contributed by atoms with E-state index in [1.165, 1.54) is 0 Å². The van der Waals surface area contributed by atoms with Crippen LogP contribution in [0.25, 0.3) is 0 Å². The van der Waals surface area contributed by atoms with Crippen molar-refractivity contribution in [3.63, 3.8) is 0 Å². The van der Waals surface area contributed by atoms with E-state index in [0.29, 0.717) is 0 Å². The second kappa shape index (κ2) is 5.39. The molecule has 3 rings (SSSR count). The van der Waals surface area contributed by atoms with E-state index >= 15 is 0 Å². The topological polar surface area (TPSA) is 40.5 Å². The van der Waals surface area contributed by atoms with Gasteiger partial charge >= 0.3 is 0 Å². The fraction of sp³-hybridized carbons (Fsp3) is 0.333. The van der Waals surface area contributed by atoms with Gasteiger partial charge in [0.15, 0.2) is 0 Å². The van der Waals surface area contributed by atoms with Crippen molar-refractivity contribution in [1.29, 1.82) is 0 Å². The SMILES string of the molecule is OC[C@H]1CC[C@@H]1C(O)(c1ccccc1)c1ccccc1. The maximum Gasteiger partial charge on any atom is 0.118 e. The van der Waals surface area contributed by atoms with E-state index in [-0.39, 0.29) is 18.4 Å². The van der Waals surface area contributed by atoms with Crippen LogP contribution in [0.5, 0.6) is 0 Å². The number of rotatable bonds is 4. The van der Waals surface area contributed by atoms with E-state index in [9.17, 15) is 10.2 Å². The maximum atomic E-state index is 11.5. The second-order valence-electron chi connectivity index (χ2n) is 5.62. The molecule has 1 saturated carbocycles. The maximum absolute atomic E-state index is 11.5. The molecule has 2 aromatic carbocycles. The van der Waals surface area contributed by atoms with Crippen molar-refractivity contribution in [2.24, 2.45) is 11.8 Å². The number of aliphatic hydroxyl groups is 2. The fourth-order valence-corrected chi connectivity index (χ4v) is 3.32. The van der Waals surface area contributed by atoms with Crippen molar-refractivity contribution >= 4 is 0 Å². The molecule has 0 heterocycles. The number of hydrogen-bond donors (Lipinski definition) is 2. The number of hydrogen-bond acceptors (Lipinski definition) is 2. The highest BCUT2D eigenvalue weighted by atomic mass is 16.3. The van der Waals surface area contributed by atoms with Crippen LogP contribution >= 0.6 is 0 Å². The molecule has 0 aromatic heterocycles. The van der Waals surface area contributed by atoms with Crippen molar-refractivity contribution in [1.82, 2.24) is 0 Å². The van der Waals surface area contributed by atoms with Gasteiger partial charge in [0.05, 0.1) is 0 Å². The van der Waals surface area contributed by atoms with Crippen molar-refractivity contribution in [2.45, 2.75) is 18.4 Å². The van der Waals surface area contributed by atoms with Crippen LogP contribution in [0, 0.1) is 11.8 Å². The smallest absolute Gasteiger partial charge is 0.118 e. The van der Waals surface area contributed by atoms with Crippen LogP contribution in [0.4, 0.5) is 0 Å². The van der Waals surface area contributed by atoms with Crippen LogP contribution in [-0.2, 0) is 5.60 Å². The van der Waals surface area contributed by atoms with Crippen molar-refractivity contribution in [3.8, 4) is 0 Å². The Balaban J connectivity index is 2.08. The molecule has 2 nitrogen and oxygen atoms in total. The summed E-state index contributed by atoms with van der Waals surface area (Å²) < 4.78 is 0. The lowest BCUT2D eigenvalue weighted by Crippen LogP contribution is -2.47. The summed E-state index contributed by atoms with van der Waals surface area (Å²) in [6.07, 6.45) is 1.94. The molecule has 0 unspecified atom stereocenters. The Morgan fingerprint density at radius 1 is 0.850 bits per heavy atom. The summed E-state index contributed by atoms with van der Waals surface area (Å²) in [7, 11) is 0. The molecule has 0 spiro atoms. The van der Waals surface area contributed by atoms with Gasteiger partial charge in [0.1, 0.15) is 5.60 Å². The van der Waals surface area contributed by atoms with Gasteiger partial charge in [0, 0.05) is 12.5 Å². The standard InChI is InChI=1S/C18H20O2/c19-13-14-11-12-17(14)18(20,15-7-3-1-4-8-15)16-9-5-2-6-10-16/h1-10,14,17,19-20H,11-13H2/t14-,17+/m1/s1. The van der Waals surface area contributed by atoms with Gasteiger partial charge in [-0.25, -0.2) is 0 Å². The Kier molecular flexibility index (Phi) is 3.60. The molecule has 20 heavy (non-hydrogen) atoms. The summed E-state index contributed by atoms with van der Waals surface area (Å²) in [6, 6.07) is 19.6. The molecule has 2 atom stereocenters. The minimum absolute atomic E-state index is 0.0808. The Morgan fingerprint density at radius 3 is 1.70 bits per heavy atom. The summed E-state index contributed by atoms with van der Waals surface area (Å²) in [5.74, 6) is 0.262. The Morgan fingerprint density at radius 2 is 1.35 bits per heavy atom. The van der Waals surface area contributed by atoms with Gasteiger partial charge in [0.25, 0.3) is 0 Å². The first-order valence-corrected chi connectivity index (χ1v) is 7.21. The van der Waals surface area contributed by atoms with Gasteiger partial charge in [-0.3, -0.25) is 0 Å². The Labute approximate surface area is 119 Å². The van der Waals surface area contributed by atoms with Crippen LogP contribution in [0.1, 0.15) is 24.0 Å². The van der Waals surface area contributed by atoms with Crippen LogP contribution in [0.2, 0.25) is 0 Å². The summed E-state index contributed by atoms with van der Waals surface area (Å²) in [4.78, 5) is 0. The summed E-state index contributed by atoms with van der Waals surface area (Å²) in [5, 5.41) is 21.0. The average Bonchev–Trinajstić information content (AvgIpc) is 2.48. The van der Waals surface area contributed by atoms with Gasteiger partial charge in [-0.15, -0.1) is 0 Å². The molecule has 0 aliphatic heterocycles. The van der Waals surface area contributed by atoms with Gasteiger partial charge in [0.2, 0.25) is 0 Å². The fourth-order valence-electron chi connectivity index (χ4n) is 3.32. The summed E-state index contributed by atoms with van der Waals surface area (Å²) >= 11 is 0. The summed E-state index contributed by atoms with van der Waals surface area (Å²) in [5.41, 5.74) is 0.817. The second-order valence-corrected chi connectivity index (χ2v) is 5.62. The first-order chi connectivity index (χ1) is 9.76. The lowest BCUT2D eigenvalue weighted by molar-refractivity contribution is -0.0729. The molecule has 2 N–H and O–H groups in total. The largest absolute Gasteiger partial charge is 0.396 e. The average molecular weight is 268 g/mol. The molecule has 1 fully saturated rings. The molecule has 104 valence electrons. The number of benzene rings is 2. The van der Waals surface area contributed by atoms with Crippen LogP contribution in [0.15, 0.2) is 60.7 Å². The first-order valence-electron chi connectivity index (χ1n) is 7.21. The van der Waals surface area contributed by atoms with Gasteiger partial charge < -0.3 is 10.2 Å². The van der Waals surface area contributed by atoms with Crippen molar-refractivity contribution < 1.29 is 10.2 Å². The van der Waals surface area contributed by atoms with Crippen LogP contribution in [0.3, 0.4) is 0 Å². The highest BCUT2D eigenvalue weighted by Gasteiger charge is 2.48. The van der Waals surface area contributed by atoms with Crippen LogP contribution < -0.4 is 0 Å². The van der Waals surface area contributed by atoms with Crippen molar-refractivity contribution in [3.05, 3.63) is 71.8 Å². The van der Waals surface area contributed by atoms with Gasteiger partial charge in [-0.05, 0) is 29.9 Å². The molecular formula is C18H20O2. The molecule has 0 amide bonds. The molecule has 2 heteroatoms. The minimum atomic E-state index is -1.01. The quantitative estimate of drug-likeness (QED) is 0.895.